The summed E-state index contributed by atoms with van der Waals surface area (Å²) in [5.74, 6) is -0.993. The summed E-state index contributed by atoms with van der Waals surface area (Å²) >= 11 is 0. The van der Waals surface area contributed by atoms with Gasteiger partial charge in [-0.1, -0.05) is 31.5 Å². The van der Waals surface area contributed by atoms with Gasteiger partial charge in [-0.3, -0.25) is 0 Å². The van der Waals surface area contributed by atoms with Gasteiger partial charge in [0.25, 0.3) is 0 Å². The first kappa shape index (κ1) is 18.4. The van der Waals surface area contributed by atoms with Gasteiger partial charge in [-0.05, 0) is 55.7 Å². The Hall–Kier alpha value is -3.39. The molecule has 0 atom stereocenters. The van der Waals surface area contributed by atoms with Crippen LogP contribution in [0.2, 0.25) is 0 Å². The summed E-state index contributed by atoms with van der Waals surface area (Å²) in [6, 6.07) is 14.9. The molecule has 0 spiro atoms. The van der Waals surface area contributed by atoms with Crippen LogP contribution >= 0.6 is 0 Å². The number of aromatic carboxylic acids is 1. The molecule has 5 nitrogen and oxygen atoms in total. The maximum Gasteiger partial charge on any atom is 0.339 e. The molecule has 1 aromatic heterocycles. The summed E-state index contributed by atoms with van der Waals surface area (Å²) in [4.78, 5) is 12.1. The lowest BCUT2D eigenvalue weighted by atomic mass is 10.0. The minimum absolute atomic E-state index is 0.222. The van der Waals surface area contributed by atoms with Gasteiger partial charge in [-0.25, -0.2) is 9.48 Å². The molecule has 0 amide bonds. The molecule has 0 saturated heterocycles. The third-order valence-electron chi connectivity index (χ3n) is 4.70. The van der Waals surface area contributed by atoms with Gasteiger partial charge in [0, 0.05) is 5.56 Å². The molecule has 0 bridgehead atoms. The molecule has 0 aliphatic rings. The Kier molecular flexibility index (Phi) is 5.09. The molecule has 0 aliphatic carbocycles. The van der Waals surface area contributed by atoms with E-state index in [1.807, 2.05) is 39.0 Å². The molecule has 5 heteroatoms. The summed E-state index contributed by atoms with van der Waals surface area (Å²) in [6.45, 7) is 6.09. The number of nitrogens with zero attached hydrogens (tertiary/aromatic N) is 3. The molecule has 1 heterocycles. The van der Waals surface area contributed by atoms with Crippen LogP contribution in [0.25, 0.3) is 16.9 Å². The second kappa shape index (κ2) is 7.46. The highest BCUT2D eigenvalue weighted by Crippen LogP contribution is 2.29. The summed E-state index contributed by atoms with van der Waals surface area (Å²) in [5, 5.41) is 23.6. The first-order chi connectivity index (χ1) is 13.0. The zero-order valence-corrected chi connectivity index (χ0v) is 15.7. The van der Waals surface area contributed by atoms with E-state index in [2.05, 4.69) is 11.2 Å². The fourth-order valence-corrected chi connectivity index (χ4v) is 3.12. The number of carboxylic acid groups (broad SMARTS) is 1. The van der Waals surface area contributed by atoms with Crippen molar-refractivity contribution in [1.29, 1.82) is 5.26 Å². The zero-order valence-electron chi connectivity index (χ0n) is 15.7. The number of rotatable bonds is 5. The number of benzene rings is 2. The van der Waals surface area contributed by atoms with Crippen molar-refractivity contribution in [3.8, 4) is 23.0 Å². The average Bonchev–Trinajstić information content (AvgIpc) is 3.04. The highest BCUT2D eigenvalue weighted by atomic mass is 16.4. The molecular formula is C22H21N3O2. The van der Waals surface area contributed by atoms with Crippen molar-refractivity contribution in [3.05, 3.63) is 70.4 Å². The van der Waals surface area contributed by atoms with Crippen LogP contribution in [0.4, 0.5) is 0 Å². The minimum atomic E-state index is -0.993. The van der Waals surface area contributed by atoms with E-state index in [0.29, 0.717) is 28.9 Å². The molecule has 3 aromatic rings. The van der Waals surface area contributed by atoms with Gasteiger partial charge in [0.05, 0.1) is 23.0 Å². The van der Waals surface area contributed by atoms with Gasteiger partial charge in [0.1, 0.15) is 11.3 Å². The lowest BCUT2D eigenvalue weighted by Gasteiger charge is -2.09. The first-order valence-corrected chi connectivity index (χ1v) is 8.89. The minimum Gasteiger partial charge on any atom is -0.478 e. The predicted octanol–water partition coefficient (Wildman–Crippen LogP) is 4.68. The van der Waals surface area contributed by atoms with Crippen molar-refractivity contribution in [2.45, 2.75) is 33.6 Å². The Labute approximate surface area is 158 Å². The first-order valence-electron chi connectivity index (χ1n) is 8.89. The van der Waals surface area contributed by atoms with E-state index in [4.69, 9.17) is 5.26 Å². The van der Waals surface area contributed by atoms with E-state index in [1.54, 1.807) is 28.9 Å². The summed E-state index contributed by atoms with van der Waals surface area (Å²) in [7, 11) is 0. The Balaban J connectivity index is 2.25. The van der Waals surface area contributed by atoms with E-state index in [-0.39, 0.29) is 5.56 Å². The van der Waals surface area contributed by atoms with Crippen LogP contribution in [0.1, 0.15) is 46.1 Å². The van der Waals surface area contributed by atoms with Crippen molar-refractivity contribution in [3.63, 3.8) is 0 Å². The molecule has 3 rings (SSSR count). The van der Waals surface area contributed by atoms with Gasteiger partial charge in [-0.2, -0.15) is 10.4 Å². The molecule has 0 fully saturated rings. The molecule has 0 saturated carbocycles. The van der Waals surface area contributed by atoms with Gasteiger partial charge < -0.3 is 5.11 Å². The molecule has 1 N–H and O–H groups in total. The number of nitriles is 1. The predicted molar refractivity (Wildman–Crippen MR) is 104 cm³/mol. The maximum absolute atomic E-state index is 12.1. The van der Waals surface area contributed by atoms with Crippen molar-refractivity contribution in [1.82, 2.24) is 9.78 Å². The lowest BCUT2D eigenvalue weighted by molar-refractivity contribution is 0.0696. The van der Waals surface area contributed by atoms with Gasteiger partial charge in [-0.15, -0.1) is 0 Å². The summed E-state index contributed by atoms with van der Waals surface area (Å²) in [6.07, 6.45) is 1.42. The fourth-order valence-electron chi connectivity index (χ4n) is 3.12. The van der Waals surface area contributed by atoms with Gasteiger partial charge in [0.2, 0.25) is 0 Å². The molecule has 0 radical (unpaired) electrons. The van der Waals surface area contributed by atoms with Crippen LogP contribution < -0.4 is 0 Å². The van der Waals surface area contributed by atoms with Crippen molar-refractivity contribution < 1.29 is 9.90 Å². The Morgan fingerprint density at radius 1 is 1.15 bits per heavy atom. The monoisotopic (exact) mass is 359 g/mol. The van der Waals surface area contributed by atoms with Crippen LogP contribution in [0.15, 0.2) is 42.5 Å². The Morgan fingerprint density at radius 2 is 1.85 bits per heavy atom. The second-order valence-electron chi connectivity index (χ2n) is 6.59. The normalized spacial score (nSPS) is 10.6. The number of carbonyl (C=O) groups is 1. The molecular weight excluding hydrogens is 338 g/mol. The lowest BCUT2D eigenvalue weighted by Crippen LogP contribution is -2.07. The molecule has 0 unspecified atom stereocenters. The van der Waals surface area contributed by atoms with Crippen LogP contribution in [0.5, 0.6) is 0 Å². The number of aryl methyl sites for hydroxylation is 2. The number of hydrogen-bond acceptors (Lipinski definition) is 3. The maximum atomic E-state index is 12.1. The van der Waals surface area contributed by atoms with E-state index < -0.39 is 5.97 Å². The molecule has 2 aromatic carbocycles. The third kappa shape index (κ3) is 3.47. The molecule has 0 aliphatic heterocycles. The number of hydrogen-bond donors (Lipinski definition) is 1. The zero-order chi connectivity index (χ0) is 19.6. The van der Waals surface area contributed by atoms with E-state index in [0.717, 1.165) is 17.7 Å². The van der Waals surface area contributed by atoms with E-state index in [1.165, 1.54) is 5.56 Å². The largest absolute Gasteiger partial charge is 0.478 e. The standard InChI is InChI=1S/C22H21N3O2/c1-4-5-19-20(22(26)27)21(17-9-7-16(13-23)8-10-17)24-25(19)18-11-6-14(2)15(3)12-18/h6-12H,4-5H2,1-3H3,(H,26,27). The Bertz CT molecular complexity index is 1040. The van der Waals surface area contributed by atoms with E-state index in [9.17, 15) is 9.90 Å². The number of carboxylic acids is 1. The summed E-state index contributed by atoms with van der Waals surface area (Å²) < 4.78 is 1.74. The van der Waals surface area contributed by atoms with Crippen molar-refractivity contribution in [2.75, 3.05) is 0 Å². The Morgan fingerprint density at radius 3 is 2.41 bits per heavy atom. The highest BCUT2D eigenvalue weighted by molar-refractivity contribution is 5.96. The van der Waals surface area contributed by atoms with Crippen LogP contribution in [0.3, 0.4) is 0 Å². The molecule has 136 valence electrons. The van der Waals surface area contributed by atoms with Crippen LogP contribution in [-0.4, -0.2) is 20.9 Å². The van der Waals surface area contributed by atoms with Crippen LogP contribution in [-0.2, 0) is 6.42 Å². The quantitative estimate of drug-likeness (QED) is 0.717. The third-order valence-corrected chi connectivity index (χ3v) is 4.70. The highest BCUT2D eigenvalue weighted by Gasteiger charge is 2.24. The number of aromatic nitrogens is 2. The van der Waals surface area contributed by atoms with Crippen molar-refractivity contribution in [2.24, 2.45) is 0 Å². The van der Waals surface area contributed by atoms with Crippen LogP contribution in [0, 0.1) is 25.2 Å². The SMILES string of the molecule is CCCc1c(C(=O)O)c(-c2ccc(C#N)cc2)nn1-c1ccc(C)c(C)c1. The average molecular weight is 359 g/mol. The smallest absolute Gasteiger partial charge is 0.339 e. The van der Waals surface area contributed by atoms with E-state index >= 15 is 0 Å². The summed E-state index contributed by atoms with van der Waals surface area (Å²) in [5.41, 5.74) is 5.70. The second-order valence-corrected chi connectivity index (χ2v) is 6.59. The van der Waals surface area contributed by atoms with Gasteiger partial charge in [0.15, 0.2) is 0 Å². The van der Waals surface area contributed by atoms with Crippen molar-refractivity contribution >= 4 is 5.97 Å². The fraction of sp³-hybridized carbons (Fsp3) is 0.227. The molecule has 27 heavy (non-hydrogen) atoms. The van der Waals surface area contributed by atoms with Gasteiger partial charge >= 0.3 is 5.97 Å². The topological polar surface area (TPSA) is 78.9 Å².